The van der Waals surface area contributed by atoms with Gasteiger partial charge in [0.2, 0.25) is 0 Å². The van der Waals surface area contributed by atoms with E-state index in [1.807, 2.05) is 4.74 Å². The number of halogens is 8. The Hall–Kier alpha value is -0.460. The molecule has 0 aromatic rings. The summed E-state index contributed by atoms with van der Waals surface area (Å²) in [7, 11) is -6.50. The van der Waals surface area contributed by atoms with Gasteiger partial charge in [-0.2, -0.15) is 43.5 Å². The highest BCUT2D eigenvalue weighted by Gasteiger charge is 2.75. The Bertz CT molecular complexity index is 479. The van der Waals surface area contributed by atoms with E-state index in [0.717, 1.165) is 0 Å². The molecule has 134 valence electrons. The standard InChI is InChI=1S/C5H4F8O7S2/c1-17-22(15,16)5(12,13)3(8,9)18-2(6,7)4(10,11)21-20-19-14/h14H,1H3. The Kier molecular flexibility index (Phi) is 6.44. The maximum absolute atomic E-state index is 12.9. The van der Waals surface area contributed by atoms with Crippen molar-refractivity contribution in [2.45, 2.75) is 22.7 Å². The molecule has 1 N–H and O–H groups in total. The van der Waals surface area contributed by atoms with Gasteiger partial charge in [-0.25, -0.2) is 9.99 Å². The second kappa shape index (κ2) is 6.57. The molecular weight excluding hydrogens is 388 g/mol. The Balaban J connectivity index is 5.51. The molecule has 0 saturated heterocycles. The molecule has 7 nitrogen and oxygen atoms in total. The van der Waals surface area contributed by atoms with Gasteiger partial charge < -0.3 is 0 Å². The summed E-state index contributed by atoms with van der Waals surface area (Å²) >= 11 is -1.79. The molecule has 0 aliphatic carbocycles. The molecule has 0 aromatic carbocycles. The smallest absolute Gasteiger partial charge is 0.269 e. The van der Waals surface area contributed by atoms with Gasteiger partial charge in [-0.3, -0.25) is 4.18 Å². The molecule has 0 heterocycles. The molecule has 0 radical (unpaired) electrons. The molecule has 0 aliphatic rings. The Morgan fingerprint density at radius 1 is 0.955 bits per heavy atom. The third-order valence-corrected chi connectivity index (χ3v) is 3.52. The molecular formula is C5H4F8O7S2. The molecule has 0 amide bonds. The minimum absolute atomic E-state index is 0.0195. The molecule has 0 saturated carbocycles. The predicted molar refractivity (Wildman–Crippen MR) is 49.2 cm³/mol. The van der Waals surface area contributed by atoms with Crippen molar-refractivity contribution in [1.82, 2.24) is 0 Å². The predicted octanol–water partition coefficient (Wildman–Crippen LogP) is 2.42. The molecule has 0 unspecified atom stereocenters. The van der Waals surface area contributed by atoms with Gasteiger partial charge in [0.05, 0.1) is 7.11 Å². The van der Waals surface area contributed by atoms with Crippen molar-refractivity contribution < 1.29 is 67.1 Å². The fourth-order valence-corrected chi connectivity index (χ4v) is 1.43. The number of hydrogen-bond acceptors (Lipinski definition) is 8. The Morgan fingerprint density at radius 3 is 1.77 bits per heavy atom. The van der Waals surface area contributed by atoms with E-state index in [9.17, 15) is 43.5 Å². The summed E-state index contributed by atoms with van der Waals surface area (Å²) in [6.07, 6.45) is -13.0. The largest absolute Gasteiger partial charge is 0.460 e. The maximum atomic E-state index is 12.9. The van der Waals surface area contributed by atoms with Crippen molar-refractivity contribution in [3.8, 4) is 0 Å². The van der Waals surface area contributed by atoms with Crippen LogP contribution in [-0.4, -0.2) is 43.5 Å². The SMILES string of the molecule is COS(=O)(=O)C(F)(F)C(F)(F)OC(F)(F)C(F)(F)SOOO. The fraction of sp³-hybridized carbons (Fsp3) is 1.00. The lowest BCUT2D eigenvalue weighted by atomic mass is 10.6. The van der Waals surface area contributed by atoms with E-state index in [4.69, 9.17) is 5.26 Å². The van der Waals surface area contributed by atoms with E-state index in [1.54, 1.807) is 0 Å². The zero-order valence-electron chi connectivity index (χ0n) is 9.74. The number of rotatable bonds is 9. The van der Waals surface area contributed by atoms with Gasteiger partial charge in [0.15, 0.2) is 0 Å². The van der Waals surface area contributed by atoms with Crippen molar-refractivity contribution in [1.29, 1.82) is 0 Å². The van der Waals surface area contributed by atoms with Crippen LogP contribution >= 0.6 is 12.0 Å². The average Bonchev–Trinajstić information content (AvgIpc) is 2.34. The number of hydrogen-bond donors (Lipinski definition) is 1. The first-order valence-corrected chi connectivity index (χ1v) is 6.40. The molecule has 0 aliphatic heterocycles. The molecule has 0 aromatic heterocycles. The second-order valence-electron chi connectivity index (χ2n) is 3.02. The van der Waals surface area contributed by atoms with E-state index in [1.165, 1.54) is 0 Å². The fourth-order valence-electron chi connectivity index (χ4n) is 0.636. The van der Waals surface area contributed by atoms with Gasteiger partial charge in [0.25, 0.3) is 0 Å². The first-order chi connectivity index (χ1) is 9.58. The molecule has 0 rings (SSSR count). The third-order valence-electron chi connectivity index (χ3n) is 1.64. The van der Waals surface area contributed by atoms with E-state index in [-0.39, 0.29) is 7.11 Å². The van der Waals surface area contributed by atoms with Crippen molar-refractivity contribution in [2.75, 3.05) is 7.11 Å². The first-order valence-electron chi connectivity index (χ1n) is 4.25. The summed E-state index contributed by atoms with van der Waals surface area (Å²) in [5.41, 5.74) is 0. The summed E-state index contributed by atoms with van der Waals surface area (Å²) in [5.74, 6) is 0. The van der Waals surface area contributed by atoms with Crippen LogP contribution in [0.2, 0.25) is 0 Å². The Labute approximate surface area is 120 Å². The summed E-state index contributed by atoms with van der Waals surface area (Å²) in [4.78, 5) is 0. The molecule has 0 fully saturated rings. The van der Waals surface area contributed by atoms with Gasteiger partial charge in [-0.1, -0.05) is 5.04 Å². The van der Waals surface area contributed by atoms with Gasteiger partial charge in [-0.05, 0) is 0 Å². The highest BCUT2D eigenvalue weighted by molar-refractivity contribution is 7.95. The van der Waals surface area contributed by atoms with Crippen molar-refractivity contribution in [2.24, 2.45) is 0 Å². The van der Waals surface area contributed by atoms with Gasteiger partial charge in [0.1, 0.15) is 12.0 Å². The van der Waals surface area contributed by atoms with Crippen LogP contribution in [0.4, 0.5) is 35.1 Å². The zero-order chi connectivity index (χ0) is 18.0. The lowest BCUT2D eigenvalue weighted by molar-refractivity contribution is -0.451. The highest BCUT2D eigenvalue weighted by Crippen LogP contribution is 2.50. The van der Waals surface area contributed by atoms with Gasteiger partial charge >= 0.3 is 32.8 Å². The maximum Gasteiger partial charge on any atom is 0.460 e. The van der Waals surface area contributed by atoms with Crippen LogP contribution in [-0.2, 0) is 28.4 Å². The van der Waals surface area contributed by atoms with E-state index < -0.39 is 44.9 Å². The minimum Gasteiger partial charge on any atom is -0.269 e. The molecule has 0 atom stereocenters. The number of ether oxygens (including phenoxy) is 1. The van der Waals surface area contributed by atoms with Crippen LogP contribution in [0.5, 0.6) is 0 Å². The van der Waals surface area contributed by atoms with Gasteiger partial charge in [-0.15, -0.1) is 4.33 Å². The molecule has 0 bridgehead atoms. The van der Waals surface area contributed by atoms with Crippen LogP contribution < -0.4 is 0 Å². The van der Waals surface area contributed by atoms with Crippen molar-refractivity contribution in [3.63, 3.8) is 0 Å². The quantitative estimate of drug-likeness (QED) is 0.210. The van der Waals surface area contributed by atoms with Crippen LogP contribution in [0.3, 0.4) is 0 Å². The van der Waals surface area contributed by atoms with Crippen molar-refractivity contribution >= 4 is 22.2 Å². The van der Waals surface area contributed by atoms with Crippen molar-refractivity contribution in [3.05, 3.63) is 0 Å². The molecule has 17 heteroatoms. The topological polar surface area (TPSA) is 91.3 Å². The lowest BCUT2D eigenvalue weighted by Gasteiger charge is -2.30. The van der Waals surface area contributed by atoms with E-state index >= 15 is 0 Å². The molecule has 0 spiro atoms. The van der Waals surface area contributed by atoms with Crippen LogP contribution in [0.1, 0.15) is 0 Å². The van der Waals surface area contributed by atoms with Crippen LogP contribution in [0.25, 0.3) is 0 Å². The summed E-state index contributed by atoms with van der Waals surface area (Å²) < 4.78 is 131. The summed E-state index contributed by atoms with van der Waals surface area (Å²) in [5, 5.41) is -2.28. The normalized spacial score (nSPS) is 15.2. The van der Waals surface area contributed by atoms with Gasteiger partial charge in [0, 0.05) is 0 Å². The molecule has 22 heavy (non-hydrogen) atoms. The van der Waals surface area contributed by atoms with E-state index in [2.05, 4.69) is 13.6 Å². The summed E-state index contributed by atoms with van der Waals surface area (Å²) in [6.45, 7) is 0. The van der Waals surface area contributed by atoms with E-state index in [0.29, 0.717) is 0 Å². The third kappa shape index (κ3) is 4.09. The van der Waals surface area contributed by atoms with Crippen LogP contribution in [0.15, 0.2) is 0 Å². The Morgan fingerprint density at radius 2 is 1.41 bits per heavy atom. The lowest BCUT2D eigenvalue weighted by Crippen LogP contribution is -2.55. The summed E-state index contributed by atoms with van der Waals surface area (Å²) in [6, 6.07) is 0. The minimum atomic E-state index is -6.63. The second-order valence-corrected chi connectivity index (χ2v) is 5.59. The average molecular weight is 392 g/mol. The monoisotopic (exact) mass is 392 g/mol. The van der Waals surface area contributed by atoms with Crippen LogP contribution in [0, 0.1) is 0 Å². The zero-order valence-corrected chi connectivity index (χ0v) is 11.4. The highest BCUT2D eigenvalue weighted by atomic mass is 32.2. The number of alkyl halides is 8. The first kappa shape index (κ1) is 21.5.